The first-order valence-electron chi connectivity index (χ1n) is 12.8. The lowest BCUT2D eigenvalue weighted by Crippen LogP contribution is -2.52. The molecule has 0 bridgehead atoms. The van der Waals surface area contributed by atoms with E-state index in [2.05, 4.69) is 5.32 Å². The molecule has 41 heavy (non-hydrogen) atoms. The number of hydrogen-bond donors (Lipinski definition) is 1. The zero-order valence-corrected chi connectivity index (χ0v) is 26.2. The average Bonchev–Trinajstić information content (AvgIpc) is 2.96. The number of hydrogen-bond acceptors (Lipinski definition) is 5. The van der Waals surface area contributed by atoms with Crippen LogP contribution in [0.1, 0.15) is 32.8 Å². The van der Waals surface area contributed by atoms with Crippen molar-refractivity contribution < 1.29 is 22.7 Å². The Morgan fingerprint density at radius 3 is 2.12 bits per heavy atom. The van der Waals surface area contributed by atoms with Crippen LogP contribution in [0.5, 0.6) is 5.75 Å². The van der Waals surface area contributed by atoms with Crippen molar-refractivity contribution in [1.82, 2.24) is 10.2 Å². The van der Waals surface area contributed by atoms with Crippen molar-refractivity contribution in [3.05, 3.63) is 87.4 Å². The molecule has 2 amide bonds. The van der Waals surface area contributed by atoms with Gasteiger partial charge in [-0.25, -0.2) is 8.42 Å². The second-order valence-corrected chi connectivity index (χ2v) is 12.5. The summed E-state index contributed by atoms with van der Waals surface area (Å²) in [7, 11) is -2.75. The van der Waals surface area contributed by atoms with Gasteiger partial charge in [-0.05, 0) is 86.5 Å². The molecule has 0 unspecified atom stereocenters. The maximum Gasteiger partial charge on any atom is 0.264 e. The van der Waals surface area contributed by atoms with Crippen LogP contribution < -0.4 is 14.4 Å². The van der Waals surface area contributed by atoms with Gasteiger partial charge < -0.3 is 15.0 Å². The summed E-state index contributed by atoms with van der Waals surface area (Å²) in [5, 5.41) is 3.92. The highest BCUT2D eigenvalue weighted by molar-refractivity contribution is 7.92. The summed E-state index contributed by atoms with van der Waals surface area (Å²) < 4.78 is 33.9. The predicted octanol–water partition coefficient (Wildman–Crippen LogP) is 6.18. The van der Waals surface area contributed by atoms with E-state index >= 15 is 0 Å². The molecule has 0 radical (unpaired) electrons. The smallest absolute Gasteiger partial charge is 0.264 e. The van der Waals surface area contributed by atoms with Gasteiger partial charge in [-0.1, -0.05) is 47.8 Å². The summed E-state index contributed by atoms with van der Waals surface area (Å²) in [5.74, 6) is -0.495. The van der Waals surface area contributed by atoms with Crippen molar-refractivity contribution in [2.45, 2.75) is 50.7 Å². The molecule has 0 aliphatic carbocycles. The standard InChI is InChI=1S/C29H32Cl3N3O5S/c1-5-19(2)33-29(37)20(3)34(17-21-6-15-26(31)27(32)16-21)28(36)18-35(23-9-7-22(30)8-10-23)41(38,39)25-13-11-24(40-4)12-14-25/h6-16,19-20H,5,17-18H2,1-4H3,(H,33,37)/t19-,20-/m0/s1. The number of carbonyl (C=O) groups excluding carboxylic acids is 2. The molecule has 3 rings (SSSR count). The molecule has 8 nitrogen and oxygen atoms in total. The Hall–Kier alpha value is -2.98. The van der Waals surface area contributed by atoms with Crippen molar-refractivity contribution in [1.29, 1.82) is 0 Å². The van der Waals surface area contributed by atoms with Crippen molar-refractivity contribution >= 4 is 62.3 Å². The Bertz CT molecular complexity index is 1470. The average molecular weight is 641 g/mol. The van der Waals surface area contributed by atoms with Crippen LogP contribution in [0.25, 0.3) is 0 Å². The number of carbonyl (C=O) groups is 2. The van der Waals surface area contributed by atoms with Gasteiger partial charge in [0.25, 0.3) is 10.0 Å². The number of amides is 2. The van der Waals surface area contributed by atoms with Gasteiger partial charge in [0.2, 0.25) is 11.8 Å². The lowest BCUT2D eigenvalue weighted by Gasteiger charge is -2.32. The summed E-state index contributed by atoms with van der Waals surface area (Å²) in [4.78, 5) is 28.4. The first-order chi connectivity index (χ1) is 19.4. The highest BCUT2D eigenvalue weighted by Gasteiger charge is 2.33. The summed E-state index contributed by atoms with van der Waals surface area (Å²) in [6.45, 7) is 4.79. The van der Waals surface area contributed by atoms with Crippen LogP contribution in [0.4, 0.5) is 5.69 Å². The Morgan fingerprint density at radius 2 is 1.56 bits per heavy atom. The molecule has 0 heterocycles. The number of rotatable bonds is 12. The van der Waals surface area contributed by atoms with Gasteiger partial charge in [0.1, 0.15) is 18.3 Å². The second kappa shape index (κ2) is 14.3. The third-order valence-corrected chi connectivity index (χ3v) is 9.33. The molecule has 2 atom stereocenters. The van der Waals surface area contributed by atoms with Crippen LogP contribution in [0, 0.1) is 0 Å². The normalized spacial score (nSPS) is 12.8. The number of anilines is 1. The third-order valence-electron chi connectivity index (χ3n) is 6.55. The summed E-state index contributed by atoms with van der Waals surface area (Å²) >= 11 is 18.3. The van der Waals surface area contributed by atoms with Gasteiger partial charge in [-0.3, -0.25) is 13.9 Å². The van der Waals surface area contributed by atoms with Gasteiger partial charge in [-0.15, -0.1) is 0 Å². The Balaban J connectivity index is 2.03. The maximum absolute atomic E-state index is 14.0. The minimum atomic E-state index is -4.23. The Kier molecular flexibility index (Phi) is 11.3. The number of methoxy groups -OCH3 is 1. The fourth-order valence-corrected chi connectivity index (χ4v) is 5.75. The lowest BCUT2D eigenvalue weighted by atomic mass is 10.1. The van der Waals surface area contributed by atoms with Gasteiger partial charge in [0.15, 0.2) is 0 Å². The van der Waals surface area contributed by atoms with E-state index in [1.165, 1.54) is 60.5 Å². The molecule has 0 saturated carbocycles. The van der Waals surface area contributed by atoms with E-state index in [1.807, 2.05) is 13.8 Å². The molecule has 0 fully saturated rings. The summed E-state index contributed by atoms with van der Waals surface area (Å²) in [6, 6.07) is 15.8. The number of nitrogens with one attached hydrogen (secondary N) is 1. The molecule has 0 spiro atoms. The van der Waals surface area contributed by atoms with Crippen LogP contribution in [-0.4, -0.2) is 50.9 Å². The van der Waals surface area contributed by atoms with Gasteiger partial charge >= 0.3 is 0 Å². The number of halogens is 3. The summed E-state index contributed by atoms with van der Waals surface area (Å²) in [5.41, 5.74) is 0.844. The molecule has 0 saturated heterocycles. The summed E-state index contributed by atoms with van der Waals surface area (Å²) in [6.07, 6.45) is 0.698. The van der Waals surface area contributed by atoms with E-state index in [0.29, 0.717) is 27.8 Å². The van der Waals surface area contributed by atoms with E-state index in [-0.39, 0.29) is 34.1 Å². The lowest BCUT2D eigenvalue weighted by molar-refractivity contribution is -0.139. The van der Waals surface area contributed by atoms with Gasteiger partial charge in [0.05, 0.1) is 27.7 Å². The second-order valence-electron chi connectivity index (χ2n) is 9.43. The topological polar surface area (TPSA) is 96.0 Å². The Labute approximate surface area is 256 Å². The van der Waals surface area contributed by atoms with Crippen LogP contribution >= 0.6 is 34.8 Å². The largest absolute Gasteiger partial charge is 0.497 e. The van der Waals surface area contributed by atoms with Crippen molar-refractivity contribution in [3.8, 4) is 5.75 Å². The van der Waals surface area contributed by atoms with Crippen LogP contribution in [-0.2, 0) is 26.2 Å². The van der Waals surface area contributed by atoms with Crippen molar-refractivity contribution in [2.75, 3.05) is 18.0 Å². The highest BCUT2D eigenvalue weighted by Crippen LogP contribution is 2.28. The minimum Gasteiger partial charge on any atom is -0.497 e. The molecular formula is C29H32Cl3N3O5S. The number of sulfonamides is 1. The SMILES string of the molecule is CC[C@H](C)NC(=O)[C@H](C)N(Cc1ccc(Cl)c(Cl)c1)C(=O)CN(c1ccc(Cl)cc1)S(=O)(=O)c1ccc(OC)cc1. The predicted molar refractivity (Wildman–Crippen MR) is 163 cm³/mol. The Morgan fingerprint density at radius 1 is 0.927 bits per heavy atom. The first-order valence-corrected chi connectivity index (χ1v) is 15.4. The van der Waals surface area contributed by atoms with Crippen LogP contribution in [0.2, 0.25) is 15.1 Å². The molecule has 220 valence electrons. The van der Waals surface area contributed by atoms with Crippen molar-refractivity contribution in [2.24, 2.45) is 0 Å². The van der Waals surface area contributed by atoms with Gasteiger partial charge in [-0.2, -0.15) is 0 Å². The molecular weight excluding hydrogens is 609 g/mol. The fraction of sp³-hybridized carbons (Fsp3) is 0.310. The van der Waals surface area contributed by atoms with Crippen molar-refractivity contribution in [3.63, 3.8) is 0 Å². The number of nitrogens with zero attached hydrogens (tertiary/aromatic N) is 2. The van der Waals surface area contributed by atoms with Crippen LogP contribution in [0.15, 0.2) is 71.6 Å². The van der Waals surface area contributed by atoms with E-state index in [4.69, 9.17) is 39.5 Å². The molecule has 1 N–H and O–H groups in total. The molecule has 0 aromatic heterocycles. The van der Waals surface area contributed by atoms with E-state index in [1.54, 1.807) is 25.1 Å². The zero-order chi connectivity index (χ0) is 30.3. The zero-order valence-electron chi connectivity index (χ0n) is 23.1. The molecule has 3 aromatic rings. The molecule has 12 heteroatoms. The highest BCUT2D eigenvalue weighted by atomic mass is 35.5. The van der Waals surface area contributed by atoms with E-state index in [9.17, 15) is 18.0 Å². The number of ether oxygens (including phenoxy) is 1. The monoisotopic (exact) mass is 639 g/mol. The molecule has 0 aliphatic heterocycles. The first kappa shape index (κ1) is 32.5. The molecule has 0 aliphatic rings. The fourth-order valence-electron chi connectivity index (χ4n) is 3.89. The minimum absolute atomic E-state index is 0.0120. The van der Waals surface area contributed by atoms with E-state index in [0.717, 1.165) is 4.31 Å². The quantitative estimate of drug-likeness (QED) is 0.255. The third kappa shape index (κ3) is 8.29. The number of benzene rings is 3. The van der Waals surface area contributed by atoms with Gasteiger partial charge in [0, 0.05) is 17.6 Å². The maximum atomic E-state index is 14.0. The molecule has 3 aromatic carbocycles. The van der Waals surface area contributed by atoms with E-state index < -0.39 is 28.5 Å². The van der Waals surface area contributed by atoms with Crippen LogP contribution in [0.3, 0.4) is 0 Å².